The van der Waals surface area contributed by atoms with Crippen molar-refractivity contribution in [2.24, 2.45) is 0 Å². The van der Waals surface area contributed by atoms with Crippen LogP contribution in [0.25, 0.3) is 0 Å². The van der Waals surface area contributed by atoms with Crippen molar-refractivity contribution in [1.82, 2.24) is 9.21 Å². The Morgan fingerprint density at radius 3 is 2.75 bits per heavy atom. The Balaban J connectivity index is 2.07. The SMILES string of the molecule is COc1cc(CC(=O)N2CCCC(S(=O)(=O)N(C)C)C2)ccc1O. The molecule has 1 amide bonds. The summed E-state index contributed by atoms with van der Waals surface area (Å²) in [6, 6.07) is 4.76. The summed E-state index contributed by atoms with van der Waals surface area (Å²) in [6.45, 7) is 0.780. The highest BCUT2D eigenvalue weighted by Crippen LogP contribution is 2.27. The number of amides is 1. The number of carbonyl (C=O) groups excluding carboxylic acids is 1. The topological polar surface area (TPSA) is 87.2 Å². The zero-order chi connectivity index (χ0) is 17.9. The summed E-state index contributed by atoms with van der Waals surface area (Å²) in [4.78, 5) is 14.1. The van der Waals surface area contributed by atoms with E-state index in [4.69, 9.17) is 4.74 Å². The Labute approximate surface area is 142 Å². The summed E-state index contributed by atoms with van der Waals surface area (Å²) in [7, 11) is 1.10. The molecule has 1 aromatic rings. The normalized spacial score (nSPS) is 18.7. The molecule has 7 nitrogen and oxygen atoms in total. The third-order valence-electron chi connectivity index (χ3n) is 4.26. The Morgan fingerprint density at radius 1 is 1.42 bits per heavy atom. The standard InChI is InChI=1S/C16H24N2O5S/c1-17(2)24(21,22)13-5-4-8-18(11-13)16(20)10-12-6-7-14(19)15(9-12)23-3/h6-7,9,13,19H,4-5,8,10-11H2,1-3H3. The second kappa shape index (κ2) is 7.40. The molecule has 1 aromatic carbocycles. The molecule has 24 heavy (non-hydrogen) atoms. The Hall–Kier alpha value is -1.80. The molecule has 0 aliphatic carbocycles. The van der Waals surface area contributed by atoms with E-state index in [1.807, 2.05) is 0 Å². The lowest BCUT2D eigenvalue weighted by Gasteiger charge is -2.33. The van der Waals surface area contributed by atoms with Crippen molar-refractivity contribution >= 4 is 15.9 Å². The summed E-state index contributed by atoms with van der Waals surface area (Å²) < 4.78 is 30.8. The Bertz CT molecular complexity index is 702. The number of phenolic OH excluding ortho intramolecular Hbond substituents is 1. The van der Waals surface area contributed by atoms with Crippen LogP contribution in [0.2, 0.25) is 0 Å². The first kappa shape index (κ1) is 18.5. The number of carbonyl (C=O) groups is 1. The monoisotopic (exact) mass is 356 g/mol. The lowest BCUT2D eigenvalue weighted by molar-refractivity contribution is -0.131. The molecule has 1 atom stereocenters. The summed E-state index contributed by atoms with van der Waals surface area (Å²) >= 11 is 0. The molecule has 1 fully saturated rings. The molecule has 0 saturated carbocycles. The van der Waals surface area contributed by atoms with E-state index in [9.17, 15) is 18.3 Å². The van der Waals surface area contributed by atoms with Gasteiger partial charge in [-0.15, -0.1) is 0 Å². The number of rotatable bonds is 5. The number of hydrogen-bond donors (Lipinski definition) is 1. The minimum Gasteiger partial charge on any atom is -0.504 e. The average molecular weight is 356 g/mol. The summed E-state index contributed by atoms with van der Waals surface area (Å²) in [5, 5.41) is 9.05. The largest absolute Gasteiger partial charge is 0.504 e. The van der Waals surface area contributed by atoms with Crippen LogP contribution < -0.4 is 4.74 Å². The number of aromatic hydroxyl groups is 1. The van der Waals surface area contributed by atoms with E-state index in [0.717, 1.165) is 0 Å². The first-order valence-electron chi connectivity index (χ1n) is 7.80. The minimum absolute atomic E-state index is 0.0174. The second-order valence-electron chi connectivity index (χ2n) is 6.11. The van der Waals surface area contributed by atoms with Crippen LogP contribution >= 0.6 is 0 Å². The fourth-order valence-electron chi connectivity index (χ4n) is 2.82. The summed E-state index contributed by atoms with van der Waals surface area (Å²) in [6.07, 6.45) is 1.38. The number of phenols is 1. The van der Waals surface area contributed by atoms with Gasteiger partial charge in [0.1, 0.15) is 0 Å². The number of hydrogen-bond acceptors (Lipinski definition) is 5. The van der Waals surface area contributed by atoms with E-state index in [0.29, 0.717) is 30.7 Å². The molecule has 0 aromatic heterocycles. The molecule has 1 unspecified atom stereocenters. The van der Waals surface area contributed by atoms with Crippen molar-refractivity contribution < 1.29 is 23.1 Å². The van der Waals surface area contributed by atoms with Gasteiger partial charge >= 0.3 is 0 Å². The highest BCUT2D eigenvalue weighted by molar-refractivity contribution is 7.89. The molecule has 1 aliphatic rings. The van der Waals surface area contributed by atoms with Gasteiger partial charge in [0.2, 0.25) is 15.9 Å². The van der Waals surface area contributed by atoms with E-state index in [-0.39, 0.29) is 24.6 Å². The molecule has 0 bridgehead atoms. The zero-order valence-electron chi connectivity index (χ0n) is 14.2. The molecule has 1 aliphatic heterocycles. The fourth-order valence-corrected chi connectivity index (χ4v) is 4.25. The van der Waals surface area contributed by atoms with Crippen LogP contribution in [-0.4, -0.2) is 68.2 Å². The van der Waals surface area contributed by atoms with E-state index in [1.54, 1.807) is 17.0 Å². The van der Waals surface area contributed by atoms with Crippen molar-refractivity contribution in [3.8, 4) is 11.5 Å². The molecule has 1 N–H and O–H groups in total. The number of benzene rings is 1. The highest BCUT2D eigenvalue weighted by atomic mass is 32.2. The molecule has 0 spiro atoms. The number of piperidine rings is 1. The van der Waals surface area contributed by atoms with Gasteiger partial charge in [-0.3, -0.25) is 4.79 Å². The molecule has 2 rings (SSSR count). The van der Waals surface area contributed by atoms with Crippen molar-refractivity contribution in [2.45, 2.75) is 24.5 Å². The summed E-state index contributed by atoms with van der Waals surface area (Å²) in [5.41, 5.74) is 0.715. The zero-order valence-corrected chi connectivity index (χ0v) is 15.0. The van der Waals surface area contributed by atoms with Crippen molar-refractivity contribution in [3.05, 3.63) is 23.8 Å². The van der Waals surface area contributed by atoms with Crippen LogP contribution in [0.5, 0.6) is 11.5 Å². The van der Waals surface area contributed by atoms with Gasteiger partial charge in [-0.25, -0.2) is 12.7 Å². The van der Waals surface area contributed by atoms with Gasteiger partial charge in [0, 0.05) is 27.2 Å². The quantitative estimate of drug-likeness (QED) is 0.844. The van der Waals surface area contributed by atoms with E-state index >= 15 is 0 Å². The third-order valence-corrected chi connectivity index (χ3v) is 6.51. The van der Waals surface area contributed by atoms with Crippen molar-refractivity contribution in [2.75, 3.05) is 34.3 Å². The van der Waals surface area contributed by atoms with Crippen LogP contribution in [0.15, 0.2) is 18.2 Å². The maximum absolute atomic E-state index is 12.5. The van der Waals surface area contributed by atoms with E-state index in [1.165, 1.54) is 31.6 Å². The molecular weight excluding hydrogens is 332 g/mol. The van der Waals surface area contributed by atoms with Crippen molar-refractivity contribution in [3.63, 3.8) is 0 Å². The lowest BCUT2D eigenvalue weighted by atomic mass is 10.1. The maximum Gasteiger partial charge on any atom is 0.227 e. The summed E-state index contributed by atoms with van der Waals surface area (Å²) in [5.74, 6) is 0.206. The van der Waals surface area contributed by atoms with Gasteiger partial charge in [-0.05, 0) is 30.5 Å². The maximum atomic E-state index is 12.5. The number of methoxy groups -OCH3 is 1. The Kier molecular flexibility index (Phi) is 5.71. The molecular formula is C16H24N2O5S. The van der Waals surface area contributed by atoms with E-state index in [2.05, 4.69) is 0 Å². The first-order chi connectivity index (χ1) is 11.3. The Morgan fingerprint density at radius 2 is 2.12 bits per heavy atom. The van der Waals surface area contributed by atoms with Crippen LogP contribution in [0.4, 0.5) is 0 Å². The van der Waals surface area contributed by atoms with Crippen LogP contribution in [0.3, 0.4) is 0 Å². The van der Waals surface area contributed by atoms with Gasteiger partial charge in [0.15, 0.2) is 11.5 Å². The van der Waals surface area contributed by atoms with Crippen molar-refractivity contribution in [1.29, 1.82) is 0 Å². The van der Waals surface area contributed by atoms with Crippen LogP contribution in [0, 0.1) is 0 Å². The fraction of sp³-hybridized carbons (Fsp3) is 0.562. The molecule has 1 heterocycles. The van der Waals surface area contributed by atoms with Gasteiger partial charge in [-0.1, -0.05) is 6.07 Å². The number of sulfonamides is 1. The predicted molar refractivity (Wildman–Crippen MR) is 90.6 cm³/mol. The lowest BCUT2D eigenvalue weighted by Crippen LogP contribution is -2.48. The van der Waals surface area contributed by atoms with Crippen LogP contribution in [0.1, 0.15) is 18.4 Å². The predicted octanol–water partition coefficient (Wildman–Crippen LogP) is 0.826. The smallest absolute Gasteiger partial charge is 0.227 e. The molecule has 1 saturated heterocycles. The van der Waals surface area contributed by atoms with E-state index < -0.39 is 15.3 Å². The van der Waals surface area contributed by atoms with Gasteiger partial charge in [0.05, 0.1) is 18.8 Å². The van der Waals surface area contributed by atoms with Gasteiger partial charge in [0.25, 0.3) is 0 Å². The molecule has 134 valence electrons. The first-order valence-corrected chi connectivity index (χ1v) is 9.31. The average Bonchev–Trinajstić information content (AvgIpc) is 2.56. The number of ether oxygens (including phenoxy) is 1. The number of nitrogens with zero attached hydrogens (tertiary/aromatic N) is 2. The highest BCUT2D eigenvalue weighted by Gasteiger charge is 2.33. The molecule has 0 radical (unpaired) electrons. The van der Waals surface area contributed by atoms with Gasteiger partial charge in [-0.2, -0.15) is 0 Å². The minimum atomic E-state index is -3.37. The molecule has 8 heteroatoms. The van der Waals surface area contributed by atoms with Gasteiger partial charge < -0.3 is 14.7 Å². The second-order valence-corrected chi connectivity index (χ2v) is 8.54. The van der Waals surface area contributed by atoms with Crippen LogP contribution in [-0.2, 0) is 21.2 Å². The number of likely N-dealkylation sites (tertiary alicyclic amines) is 1. The third kappa shape index (κ3) is 3.99.